The minimum absolute atomic E-state index is 0.281. The Kier molecular flexibility index (Phi) is 5.28. The molecular formula is C23H24OS2. The van der Waals surface area contributed by atoms with Gasteiger partial charge in [0.05, 0.1) is 0 Å². The Balaban J connectivity index is 1.53. The lowest BCUT2D eigenvalue weighted by Gasteiger charge is -2.29. The standard InChI is InChI=1S/C23H24OS2/c1-17-21-14-23(13-18(21)12-22(17)24,15-25-19-8-4-2-5-9-19)16-26-20-10-6-3-7-11-20/h2-11,18H,12-16H2,1H3. The number of ketones is 1. The summed E-state index contributed by atoms with van der Waals surface area (Å²) < 4.78 is 0. The molecule has 4 rings (SSSR count). The van der Waals surface area contributed by atoms with Gasteiger partial charge in [0, 0.05) is 27.7 Å². The molecule has 1 atom stereocenters. The van der Waals surface area contributed by atoms with Crippen molar-refractivity contribution in [1.29, 1.82) is 0 Å². The topological polar surface area (TPSA) is 17.1 Å². The maximum absolute atomic E-state index is 12.1. The summed E-state index contributed by atoms with van der Waals surface area (Å²) in [7, 11) is 0. The number of thioether (sulfide) groups is 2. The van der Waals surface area contributed by atoms with Gasteiger partial charge >= 0.3 is 0 Å². The minimum atomic E-state index is 0.281. The monoisotopic (exact) mass is 380 g/mol. The molecule has 134 valence electrons. The SMILES string of the molecule is CC1=C2CC(CSc3ccccc3)(CSc3ccccc3)CC2CC1=O. The lowest BCUT2D eigenvalue weighted by Crippen LogP contribution is -2.24. The molecule has 2 aromatic rings. The maximum atomic E-state index is 12.1. The predicted octanol–water partition coefficient (Wildman–Crippen LogP) is 6.26. The van der Waals surface area contributed by atoms with E-state index in [9.17, 15) is 4.79 Å². The van der Waals surface area contributed by atoms with Gasteiger partial charge in [-0.2, -0.15) is 0 Å². The summed E-state index contributed by atoms with van der Waals surface area (Å²) >= 11 is 3.94. The third kappa shape index (κ3) is 3.79. The van der Waals surface area contributed by atoms with Crippen molar-refractivity contribution < 1.29 is 4.79 Å². The molecule has 2 aliphatic carbocycles. The molecular weight excluding hydrogens is 356 g/mol. The van der Waals surface area contributed by atoms with Crippen LogP contribution in [0.25, 0.3) is 0 Å². The number of benzene rings is 2. The van der Waals surface area contributed by atoms with E-state index >= 15 is 0 Å². The van der Waals surface area contributed by atoms with Gasteiger partial charge in [0.2, 0.25) is 0 Å². The third-order valence-corrected chi connectivity index (χ3v) is 8.37. The summed E-state index contributed by atoms with van der Waals surface area (Å²) in [4.78, 5) is 14.8. The number of allylic oxidation sites excluding steroid dienone is 2. The Morgan fingerprint density at radius 2 is 1.46 bits per heavy atom. The number of Topliss-reactive ketones (excluding diaryl/α,β-unsaturated/α-hetero) is 1. The Bertz CT molecular complexity index is 767. The number of carbonyl (C=O) groups is 1. The second-order valence-corrected chi connectivity index (χ2v) is 9.66. The fourth-order valence-corrected chi connectivity index (χ4v) is 6.64. The van der Waals surface area contributed by atoms with Gasteiger partial charge in [-0.3, -0.25) is 4.79 Å². The zero-order chi connectivity index (χ0) is 18.0. The van der Waals surface area contributed by atoms with Gasteiger partial charge in [0.15, 0.2) is 5.78 Å². The Morgan fingerprint density at radius 3 is 1.96 bits per heavy atom. The molecule has 0 saturated heterocycles. The van der Waals surface area contributed by atoms with E-state index in [1.165, 1.54) is 15.4 Å². The zero-order valence-electron chi connectivity index (χ0n) is 15.1. The Morgan fingerprint density at radius 1 is 0.923 bits per heavy atom. The van der Waals surface area contributed by atoms with Crippen molar-refractivity contribution in [2.75, 3.05) is 11.5 Å². The first-order chi connectivity index (χ1) is 12.7. The Labute approximate surface area is 164 Å². The van der Waals surface area contributed by atoms with Crippen LogP contribution in [0.15, 0.2) is 81.6 Å². The molecule has 0 aliphatic heterocycles. The molecule has 0 bridgehead atoms. The fourth-order valence-electron chi connectivity index (χ4n) is 4.22. The van der Waals surface area contributed by atoms with Crippen LogP contribution in [0.2, 0.25) is 0 Å². The van der Waals surface area contributed by atoms with Gasteiger partial charge < -0.3 is 0 Å². The average molecular weight is 381 g/mol. The van der Waals surface area contributed by atoms with Crippen molar-refractivity contribution in [1.82, 2.24) is 0 Å². The lowest BCUT2D eigenvalue weighted by atomic mass is 9.88. The van der Waals surface area contributed by atoms with Crippen LogP contribution in [-0.2, 0) is 4.79 Å². The molecule has 1 unspecified atom stereocenters. The van der Waals surface area contributed by atoms with Crippen LogP contribution in [0.1, 0.15) is 26.2 Å². The quantitative estimate of drug-likeness (QED) is 0.551. The van der Waals surface area contributed by atoms with Gasteiger partial charge in [0.1, 0.15) is 0 Å². The first kappa shape index (κ1) is 17.9. The summed E-state index contributed by atoms with van der Waals surface area (Å²) in [6, 6.07) is 21.4. The number of hydrogen-bond acceptors (Lipinski definition) is 3. The van der Waals surface area contributed by atoms with E-state index in [0.717, 1.165) is 36.3 Å². The van der Waals surface area contributed by atoms with Gasteiger partial charge in [-0.25, -0.2) is 0 Å². The molecule has 0 N–H and O–H groups in total. The second kappa shape index (κ2) is 7.66. The van der Waals surface area contributed by atoms with E-state index in [1.807, 2.05) is 30.4 Å². The average Bonchev–Trinajstić information content (AvgIpc) is 3.16. The summed E-state index contributed by atoms with van der Waals surface area (Å²) in [5, 5.41) is 0. The van der Waals surface area contributed by atoms with E-state index in [0.29, 0.717) is 11.7 Å². The van der Waals surface area contributed by atoms with Crippen molar-refractivity contribution in [3.63, 3.8) is 0 Å². The molecule has 2 aromatic carbocycles. The van der Waals surface area contributed by atoms with Gasteiger partial charge in [0.25, 0.3) is 0 Å². The van der Waals surface area contributed by atoms with Crippen LogP contribution >= 0.6 is 23.5 Å². The van der Waals surface area contributed by atoms with Crippen molar-refractivity contribution in [2.24, 2.45) is 11.3 Å². The molecule has 0 heterocycles. The van der Waals surface area contributed by atoms with E-state index < -0.39 is 0 Å². The van der Waals surface area contributed by atoms with Crippen LogP contribution < -0.4 is 0 Å². The third-order valence-electron chi connectivity index (χ3n) is 5.65. The van der Waals surface area contributed by atoms with Crippen LogP contribution in [-0.4, -0.2) is 17.3 Å². The van der Waals surface area contributed by atoms with Crippen LogP contribution in [0.5, 0.6) is 0 Å². The number of rotatable bonds is 6. The highest BCUT2D eigenvalue weighted by atomic mass is 32.2. The van der Waals surface area contributed by atoms with E-state index in [2.05, 4.69) is 60.7 Å². The van der Waals surface area contributed by atoms with Gasteiger partial charge in [-0.1, -0.05) is 42.0 Å². The molecule has 0 radical (unpaired) electrons. The molecule has 1 saturated carbocycles. The molecule has 0 aromatic heterocycles. The molecule has 26 heavy (non-hydrogen) atoms. The summed E-state index contributed by atoms with van der Waals surface area (Å²) in [6.07, 6.45) is 2.99. The van der Waals surface area contributed by atoms with Gasteiger partial charge in [-0.15, -0.1) is 23.5 Å². The first-order valence-electron chi connectivity index (χ1n) is 9.24. The molecule has 0 spiro atoms. The van der Waals surface area contributed by atoms with Gasteiger partial charge in [-0.05, 0) is 60.9 Å². The number of carbonyl (C=O) groups excluding carboxylic acids is 1. The second-order valence-electron chi connectivity index (χ2n) is 7.56. The van der Waals surface area contributed by atoms with E-state index in [-0.39, 0.29) is 5.41 Å². The van der Waals surface area contributed by atoms with Crippen molar-refractivity contribution >= 4 is 29.3 Å². The molecule has 3 heteroatoms. The highest BCUT2D eigenvalue weighted by Gasteiger charge is 2.46. The van der Waals surface area contributed by atoms with Crippen LogP contribution in [0.4, 0.5) is 0 Å². The largest absolute Gasteiger partial charge is 0.295 e. The van der Waals surface area contributed by atoms with E-state index in [1.54, 1.807) is 0 Å². The highest BCUT2D eigenvalue weighted by Crippen LogP contribution is 2.54. The molecule has 2 aliphatic rings. The Hall–Kier alpha value is -1.45. The molecule has 1 nitrogen and oxygen atoms in total. The summed E-state index contributed by atoms with van der Waals surface area (Å²) in [5.41, 5.74) is 2.80. The summed E-state index contributed by atoms with van der Waals surface area (Å²) in [5.74, 6) is 3.12. The molecule has 0 amide bonds. The molecule has 1 fully saturated rings. The van der Waals surface area contributed by atoms with Crippen molar-refractivity contribution in [3.8, 4) is 0 Å². The number of hydrogen-bond donors (Lipinski definition) is 0. The minimum Gasteiger partial charge on any atom is -0.295 e. The lowest BCUT2D eigenvalue weighted by molar-refractivity contribution is -0.115. The van der Waals surface area contributed by atoms with Crippen molar-refractivity contribution in [2.45, 2.75) is 36.0 Å². The predicted molar refractivity (Wildman–Crippen MR) is 112 cm³/mol. The first-order valence-corrected chi connectivity index (χ1v) is 11.2. The van der Waals surface area contributed by atoms with E-state index in [4.69, 9.17) is 0 Å². The van der Waals surface area contributed by atoms with Crippen LogP contribution in [0.3, 0.4) is 0 Å². The normalized spacial score (nSPS) is 21.3. The summed E-state index contributed by atoms with van der Waals surface area (Å²) in [6.45, 7) is 2.04. The fraction of sp³-hybridized carbons (Fsp3) is 0.348. The number of fused-ring (bicyclic) bond motifs is 1. The maximum Gasteiger partial charge on any atom is 0.159 e. The highest BCUT2D eigenvalue weighted by molar-refractivity contribution is 8.00. The van der Waals surface area contributed by atoms with Crippen LogP contribution in [0, 0.1) is 11.3 Å². The van der Waals surface area contributed by atoms with Crippen molar-refractivity contribution in [3.05, 3.63) is 71.8 Å². The zero-order valence-corrected chi connectivity index (χ0v) is 16.7. The smallest absolute Gasteiger partial charge is 0.159 e.